The van der Waals surface area contributed by atoms with E-state index in [-0.39, 0.29) is 10.9 Å². The summed E-state index contributed by atoms with van der Waals surface area (Å²) in [5, 5.41) is 0. The first kappa shape index (κ1) is 12.2. The summed E-state index contributed by atoms with van der Waals surface area (Å²) in [4.78, 5) is 23.4. The molecule has 0 amide bonds. The molecule has 0 aliphatic heterocycles. The predicted molar refractivity (Wildman–Crippen MR) is 72.8 cm³/mol. The molecule has 0 bridgehead atoms. The third-order valence-electron chi connectivity index (χ3n) is 2.83. The van der Waals surface area contributed by atoms with Crippen LogP contribution in [0.5, 0.6) is 0 Å². The molecule has 0 N–H and O–H groups in total. The molecule has 0 saturated heterocycles. The molecule has 0 radical (unpaired) electrons. The fourth-order valence-corrected chi connectivity index (χ4v) is 1.82. The Labute approximate surface area is 106 Å². The number of hydrogen-bond acceptors (Lipinski definition) is 2. The minimum atomic E-state index is 0.0211. The van der Waals surface area contributed by atoms with E-state index < -0.39 is 0 Å². The van der Waals surface area contributed by atoms with Gasteiger partial charge in [-0.1, -0.05) is 48.5 Å². The van der Waals surface area contributed by atoms with E-state index in [1.165, 1.54) is 0 Å². The molecule has 0 aromatic heterocycles. The Kier molecular flexibility index (Phi) is 4.02. The summed E-state index contributed by atoms with van der Waals surface area (Å²) in [5.41, 5.74) is 1.53. The lowest BCUT2D eigenvalue weighted by Crippen LogP contribution is -2.09. The topological polar surface area (TPSA) is 34.1 Å². The molecule has 0 aliphatic rings. The van der Waals surface area contributed by atoms with Crippen LogP contribution in [0.4, 0.5) is 0 Å². The Morgan fingerprint density at radius 1 is 0.556 bits per heavy atom. The van der Waals surface area contributed by atoms with Crippen molar-refractivity contribution in [3.63, 3.8) is 0 Å². The van der Waals surface area contributed by atoms with Crippen LogP contribution < -0.4 is 10.9 Å². The van der Waals surface area contributed by atoms with Crippen molar-refractivity contribution >= 4 is 0 Å². The quantitative estimate of drug-likeness (QED) is 0.821. The van der Waals surface area contributed by atoms with Gasteiger partial charge >= 0.3 is 0 Å². The van der Waals surface area contributed by atoms with Crippen molar-refractivity contribution in [2.24, 2.45) is 0 Å². The van der Waals surface area contributed by atoms with E-state index in [0.717, 1.165) is 11.1 Å². The average molecular weight is 238 g/mol. The minimum Gasteiger partial charge on any atom is -0.290 e. The molecule has 2 heteroatoms. The normalized spacial score (nSPS) is 10.0. The molecule has 0 atom stereocenters. The molecule has 2 nitrogen and oxygen atoms in total. The monoisotopic (exact) mass is 238 g/mol. The highest BCUT2D eigenvalue weighted by Crippen LogP contribution is 1.99. The first-order chi connectivity index (χ1) is 8.77. The summed E-state index contributed by atoms with van der Waals surface area (Å²) < 4.78 is 0. The van der Waals surface area contributed by atoms with Gasteiger partial charge < -0.3 is 0 Å². The maximum atomic E-state index is 11.7. The molecule has 2 aromatic carbocycles. The van der Waals surface area contributed by atoms with Gasteiger partial charge in [-0.25, -0.2) is 0 Å². The van der Waals surface area contributed by atoms with Crippen LogP contribution >= 0.6 is 0 Å². The minimum absolute atomic E-state index is 0.0211. The second kappa shape index (κ2) is 5.92. The number of hydrogen-bond donors (Lipinski definition) is 0. The van der Waals surface area contributed by atoms with E-state index in [4.69, 9.17) is 0 Å². The van der Waals surface area contributed by atoms with Crippen LogP contribution in [0.2, 0.25) is 0 Å². The van der Waals surface area contributed by atoms with Gasteiger partial charge in [0.25, 0.3) is 0 Å². The lowest BCUT2D eigenvalue weighted by Gasteiger charge is -1.96. The Morgan fingerprint density at radius 3 is 1.39 bits per heavy atom. The Hall–Kier alpha value is -2.22. The van der Waals surface area contributed by atoms with Crippen LogP contribution in [0.3, 0.4) is 0 Å². The Morgan fingerprint density at radius 2 is 0.944 bits per heavy atom. The zero-order valence-corrected chi connectivity index (χ0v) is 10.0. The van der Waals surface area contributed by atoms with Crippen molar-refractivity contribution < 1.29 is 0 Å². The Balaban J connectivity index is 2.23. The first-order valence-corrected chi connectivity index (χ1v) is 5.94. The lowest BCUT2D eigenvalue weighted by molar-refractivity contribution is 0.947. The van der Waals surface area contributed by atoms with E-state index in [1.54, 1.807) is 24.3 Å². The van der Waals surface area contributed by atoms with E-state index in [1.807, 2.05) is 36.4 Å². The summed E-state index contributed by atoms with van der Waals surface area (Å²) in [5.74, 6) is 0. The van der Waals surface area contributed by atoms with Gasteiger partial charge in [0.1, 0.15) is 0 Å². The highest BCUT2D eigenvalue weighted by Gasteiger charge is 2.00. The molecule has 90 valence electrons. The van der Waals surface area contributed by atoms with Gasteiger partial charge in [0, 0.05) is 0 Å². The molecule has 0 spiro atoms. The number of aryl methyl sites for hydroxylation is 2. The second-order valence-corrected chi connectivity index (χ2v) is 4.10. The largest absolute Gasteiger partial charge is 0.290 e. The van der Waals surface area contributed by atoms with E-state index >= 15 is 0 Å². The second-order valence-electron chi connectivity index (χ2n) is 4.10. The van der Waals surface area contributed by atoms with E-state index in [0.29, 0.717) is 12.8 Å². The molecule has 0 fully saturated rings. The third kappa shape index (κ3) is 3.14. The maximum absolute atomic E-state index is 11.7. The number of rotatable bonds is 3. The van der Waals surface area contributed by atoms with Crippen molar-refractivity contribution in [3.05, 3.63) is 92.2 Å². The zero-order valence-electron chi connectivity index (χ0n) is 10.0. The molecule has 0 unspecified atom stereocenters. The van der Waals surface area contributed by atoms with Crippen LogP contribution in [-0.4, -0.2) is 0 Å². The molecule has 0 heterocycles. The maximum Gasteiger partial charge on any atom is 0.181 e. The van der Waals surface area contributed by atoms with Crippen LogP contribution in [0.25, 0.3) is 0 Å². The summed E-state index contributed by atoms with van der Waals surface area (Å²) in [6, 6.07) is 17.5. The van der Waals surface area contributed by atoms with E-state index in [9.17, 15) is 9.59 Å². The van der Waals surface area contributed by atoms with Gasteiger partial charge in [-0.05, 0) is 36.1 Å². The summed E-state index contributed by atoms with van der Waals surface area (Å²) in [6.07, 6.45) is 1.18. The zero-order chi connectivity index (χ0) is 12.8. The summed E-state index contributed by atoms with van der Waals surface area (Å²) >= 11 is 0. The van der Waals surface area contributed by atoms with Gasteiger partial charge in [-0.15, -0.1) is 0 Å². The van der Waals surface area contributed by atoms with Crippen molar-refractivity contribution in [1.82, 2.24) is 0 Å². The molecule has 0 saturated carbocycles. The smallest absolute Gasteiger partial charge is 0.181 e. The molecular formula is C16H14O2. The van der Waals surface area contributed by atoms with Crippen LogP contribution in [0.1, 0.15) is 11.1 Å². The lowest BCUT2D eigenvalue weighted by atomic mass is 10.1. The molecule has 0 aliphatic carbocycles. The summed E-state index contributed by atoms with van der Waals surface area (Å²) in [6.45, 7) is 0. The van der Waals surface area contributed by atoms with Gasteiger partial charge in [-0.3, -0.25) is 9.59 Å². The third-order valence-corrected chi connectivity index (χ3v) is 2.83. The highest BCUT2D eigenvalue weighted by atomic mass is 16.1. The van der Waals surface area contributed by atoms with Gasteiger partial charge in [0.05, 0.1) is 0 Å². The predicted octanol–water partition coefficient (Wildman–Crippen LogP) is 2.19. The van der Waals surface area contributed by atoms with Gasteiger partial charge in [0.15, 0.2) is 10.9 Å². The standard InChI is InChI=1S/C16H14O2/c17-15-9-5-1-3-7-13(15)11-12-14-8-4-2-6-10-16(14)18/h1-10H,11-12H2. The van der Waals surface area contributed by atoms with Crippen LogP contribution in [0, 0.1) is 0 Å². The molecular weight excluding hydrogens is 224 g/mol. The van der Waals surface area contributed by atoms with Crippen molar-refractivity contribution in [1.29, 1.82) is 0 Å². The van der Waals surface area contributed by atoms with Crippen molar-refractivity contribution in [2.45, 2.75) is 12.8 Å². The van der Waals surface area contributed by atoms with Gasteiger partial charge in [-0.2, -0.15) is 0 Å². The molecule has 2 rings (SSSR count). The highest BCUT2D eigenvalue weighted by molar-refractivity contribution is 5.19. The molecule has 2 aromatic rings. The summed E-state index contributed by atoms with van der Waals surface area (Å²) in [7, 11) is 0. The SMILES string of the molecule is O=c1cccccc1CCc1cccccc1=O. The fourth-order valence-electron chi connectivity index (χ4n) is 1.82. The van der Waals surface area contributed by atoms with Crippen molar-refractivity contribution in [2.75, 3.05) is 0 Å². The van der Waals surface area contributed by atoms with Crippen LogP contribution in [0.15, 0.2) is 70.3 Å². The van der Waals surface area contributed by atoms with Crippen LogP contribution in [-0.2, 0) is 12.8 Å². The average Bonchev–Trinajstić information content (AvgIpc) is 2.68. The Bertz CT molecular complexity index is 589. The molecule has 18 heavy (non-hydrogen) atoms. The first-order valence-electron chi connectivity index (χ1n) is 5.94. The van der Waals surface area contributed by atoms with Gasteiger partial charge in [0.2, 0.25) is 0 Å². The van der Waals surface area contributed by atoms with Crippen molar-refractivity contribution in [3.8, 4) is 0 Å². The fraction of sp³-hybridized carbons (Fsp3) is 0.125. The van der Waals surface area contributed by atoms with E-state index in [2.05, 4.69) is 0 Å².